The standard InChI is InChI=1S/C12H11ClN2S/c1-8-4-2-6-10(14)11(8)16-12-9(13)5-3-7-15-12/h2-7H,14H2,1H3. The molecule has 16 heavy (non-hydrogen) atoms. The number of rotatable bonds is 2. The van der Waals surface area contributed by atoms with Gasteiger partial charge in [-0.05, 0) is 30.7 Å². The van der Waals surface area contributed by atoms with Crippen LogP contribution < -0.4 is 5.73 Å². The van der Waals surface area contributed by atoms with Gasteiger partial charge in [0.15, 0.2) is 0 Å². The van der Waals surface area contributed by atoms with Gasteiger partial charge >= 0.3 is 0 Å². The number of hydrogen-bond acceptors (Lipinski definition) is 3. The molecule has 4 heteroatoms. The first-order valence-electron chi connectivity index (χ1n) is 4.82. The zero-order valence-electron chi connectivity index (χ0n) is 8.77. The first-order valence-corrected chi connectivity index (χ1v) is 6.01. The van der Waals surface area contributed by atoms with E-state index in [4.69, 9.17) is 17.3 Å². The minimum Gasteiger partial charge on any atom is -0.398 e. The quantitative estimate of drug-likeness (QED) is 0.825. The molecule has 0 radical (unpaired) electrons. The van der Waals surface area contributed by atoms with Crippen LogP contribution in [0.4, 0.5) is 5.69 Å². The Kier molecular flexibility index (Phi) is 3.36. The van der Waals surface area contributed by atoms with Crippen LogP contribution in [0.3, 0.4) is 0 Å². The van der Waals surface area contributed by atoms with Gasteiger partial charge < -0.3 is 5.73 Å². The maximum absolute atomic E-state index is 6.05. The average molecular weight is 251 g/mol. The van der Waals surface area contributed by atoms with E-state index in [2.05, 4.69) is 4.98 Å². The van der Waals surface area contributed by atoms with Crippen molar-refractivity contribution in [3.63, 3.8) is 0 Å². The van der Waals surface area contributed by atoms with Crippen molar-refractivity contribution in [2.24, 2.45) is 0 Å². The maximum atomic E-state index is 6.05. The summed E-state index contributed by atoms with van der Waals surface area (Å²) in [6.07, 6.45) is 1.72. The van der Waals surface area contributed by atoms with Crippen molar-refractivity contribution in [3.05, 3.63) is 47.1 Å². The number of anilines is 1. The number of nitrogen functional groups attached to an aromatic ring is 1. The van der Waals surface area contributed by atoms with E-state index in [-0.39, 0.29) is 0 Å². The van der Waals surface area contributed by atoms with Gasteiger partial charge in [0.2, 0.25) is 0 Å². The van der Waals surface area contributed by atoms with Gasteiger partial charge in [0.25, 0.3) is 0 Å². The Morgan fingerprint density at radius 1 is 1.25 bits per heavy atom. The summed E-state index contributed by atoms with van der Waals surface area (Å²) in [5.41, 5.74) is 7.82. The lowest BCUT2D eigenvalue weighted by atomic mass is 10.2. The van der Waals surface area contributed by atoms with E-state index < -0.39 is 0 Å². The molecule has 0 spiro atoms. The van der Waals surface area contributed by atoms with Crippen LogP contribution in [-0.2, 0) is 0 Å². The van der Waals surface area contributed by atoms with Gasteiger partial charge in [-0.2, -0.15) is 0 Å². The zero-order valence-corrected chi connectivity index (χ0v) is 10.3. The molecule has 0 aliphatic rings. The molecule has 0 saturated heterocycles. The van der Waals surface area contributed by atoms with Crippen molar-refractivity contribution in [2.75, 3.05) is 5.73 Å². The molecule has 1 aromatic carbocycles. The number of aromatic nitrogens is 1. The normalized spacial score (nSPS) is 10.4. The SMILES string of the molecule is Cc1cccc(N)c1Sc1ncccc1Cl. The number of nitrogens with two attached hydrogens (primary N) is 1. The van der Waals surface area contributed by atoms with Crippen molar-refractivity contribution >= 4 is 29.1 Å². The third-order valence-electron chi connectivity index (χ3n) is 2.17. The molecule has 0 saturated carbocycles. The van der Waals surface area contributed by atoms with Crippen LogP contribution in [0.25, 0.3) is 0 Å². The highest BCUT2D eigenvalue weighted by Crippen LogP contribution is 2.36. The highest BCUT2D eigenvalue weighted by Gasteiger charge is 2.08. The van der Waals surface area contributed by atoms with Crippen LogP contribution in [0, 0.1) is 6.92 Å². The van der Waals surface area contributed by atoms with E-state index in [0.29, 0.717) is 5.02 Å². The lowest BCUT2D eigenvalue weighted by Crippen LogP contribution is -1.91. The Morgan fingerprint density at radius 2 is 2.06 bits per heavy atom. The predicted octanol–water partition coefficient (Wildman–Crippen LogP) is 3.78. The topological polar surface area (TPSA) is 38.9 Å². The Balaban J connectivity index is 2.38. The molecule has 0 amide bonds. The number of nitrogens with zero attached hydrogens (tertiary/aromatic N) is 1. The molecule has 0 bridgehead atoms. The summed E-state index contributed by atoms with van der Waals surface area (Å²) >= 11 is 7.55. The number of pyridine rings is 1. The van der Waals surface area contributed by atoms with Crippen LogP contribution in [0.1, 0.15) is 5.56 Å². The maximum Gasteiger partial charge on any atom is 0.119 e. The first-order chi connectivity index (χ1) is 7.68. The number of halogens is 1. The summed E-state index contributed by atoms with van der Waals surface area (Å²) in [4.78, 5) is 5.25. The van der Waals surface area contributed by atoms with Crippen LogP contribution in [-0.4, -0.2) is 4.98 Å². The Morgan fingerprint density at radius 3 is 2.75 bits per heavy atom. The van der Waals surface area contributed by atoms with Crippen molar-refractivity contribution in [2.45, 2.75) is 16.8 Å². The third-order valence-corrected chi connectivity index (χ3v) is 3.86. The van der Waals surface area contributed by atoms with Gasteiger partial charge in [-0.15, -0.1) is 0 Å². The zero-order chi connectivity index (χ0) is 11.5. The second-order valence-corrected chi connectivity index (χ2v) is 4.79. The molecule has 0 aliphatic heterocycles. The number of aryl methyl sites for hydroxylation is 1. The van der Waals surface area contributed by atoms with Gasteiger partial charge in [0.05, 0.1) is 5.02 Å². The van der Waals surface area contributed by atoms with E-state index >= 15 is 0 Å². The lowest BCUT2D eigenvalue weighted by Gasteiger charge is -2.08. The minimum absolute atomic E-state index is 0.648. The van der Waals surface area contributed by atoms with Gasteiger partial charge in [-0.25, -0.2) is 4.98 Å². The number of benzene rings is 1. The van der Waals surface area contributed by atoms with Crippen LogP contribution >= 0.6 is 23.4 Å². The molecular formula is C12H11ClN2S. The van der Waals surface area contributed by atoms with Crippen molar-refractivity contribution in [1.29, 1.82) is 0 Å². The lowest BCUT2D eigenvalue weighted by molar-refractivity contribution is 1.13. The summed E-state index contributed by atoms with van der Waals surface area (Å²) in [6.45, 7) is 2.02. The van der Waals surface area contributed by atoms with Crippen molar-refractivity contribution in [3.8, 4) is 0 Å². The van der Waals surface area contributed by atoms with Crippen molar-refractivity contribution < 1.29 is 0 Å². The molecule has 0 aliphatic carbocycles. The fourth-order valence-corrected chi connectivity index (χ4v) is 2.48. The Labute approximate surface area is 104 Å². The molecule has 2 nitrogen and oxygen atoms in total. The molecule has 0 fully saturated rings. The fraction of sp³-hybridized carbons (Fsp3) is 0.0833. The van der Waals surface area contributed by atoms with Gasteiger partial charge in [0.1, 0.15) is 5.03 Å². The van der Waals surface area contributed by atoms with Crippen LogP contribution in [0.5, 0.6) is 0 Å². The minimum atomic E-state index is 0.648. The second kappa shape index (κ2) is 4.76. The Bertz CT molecular complexity index is 494. The van der Waals surface area contributed by atoms with Gasteiger partial charge in [0, 0.05) is 16.8 Å². The summed E-state index contributed by atoms with van der Waals surface area (Å²) in [5, 5.41) is 1.43. The number of hydrogen-bond donors (Lipinski definition) is 1. The fourth-order valence-electron chi connectivity index (χ4n) is 1.36. The summed E-state index contributed by atoms with van der Waals surface area (Å²) in [6, 6.07) is 9.48. The van der Waals surface area contributed by atoms with E-state index in [0.717, 1.165) is 21.2 Å². The van der Waals surface area contributed by atoms with E-state index in [9.17, 15) is 0 Å². The molecule has 0 unspecified atom stereocenters. The predicted molar refractivity (Wildman–Crippen MR) is 69.0 cm³/mol. The summed E-state index contributed by atoms with van der Waals surface area (Å²) in [7, 11) is 0. The summed E-state index contributed by atoms with van der Waals surface area (Å²) < 4.78 is 0. The molecule has 2 rings (SSSR count). The smallest absolute Gasteiger partial charge is 0.119 e. The molecular weight excluding hydrogens is 240 g/mol. The van der Waals surface area contributed by atoms with Crippen molar-refractivity contribution in [1.82, 2.24) is 4.98 Å². The second-order valence-electron chi connectivity index (χ2n) is 3.39. The monoisotopic (exact) mass is 250 g/mol. The molecule has 82 valence electrons. The largest absolute Gasteiger partial charge is 0.398 e. The highest BCUT2D eigenvalue weighted by molar-refractivity contribution is 7.99. The van der Waals surface area contributed by atoms with Crippen LogP contribution in [0.2, 0.25) is 5.02 Å². The molecule has 1 aromatic heterocycles. The first kappa shape index (κ1) is 11.3. The van der Waals surface area contributed by atoms with Gasteiger partial charge in [-0.3, -0.25) is 0 Å². The average Bonchev–Trinajstić information content (AvgIpc) is 2.26. The molecule has 2 aromatic rings. The van der Waals surface area contributed by atoms with Gasteiger partial charge in [-0.1, -0.05) is 35.5 Å². The van der Waals surface area contributed by atoms with E-state index in [1.54, 1.807) is 6.20 Å². The molecule has 2 N–H and O–H groups in total. The van der Waals surface area contributed by atoms with E-state index in [1.807, 2.05) is 37.3 Å². The molecule has 0 atom stereocenters. The van der Waals surface area contributed by atoms with Crippen LogP contribution in [0.15, 0.2) is 46.5 Å². The third kappa shape index (κ3) is 2.31. The summed E-state index contributed by atoms with van der Waals surface area (Å²) in [5.74, 6) is 0. The highest BCUT2D eigenvalue weighted by atomic mass is 35.5. The Hall–Kier alpha value is -1.19. The molecule has 1 heterocycles. The van der Waals surface area contributed by atoms with E-state index in [1.165, 1.54) is 11.8 Å².